The van der Waals surface area contributed by atoms with Gasteiger partial charge in [-0.1, -0.05) is 6.07 Å². The van der Waals surface area contributed by atoms with Gasteiger partial charge in [0.15, 0.2) is 6.10 Å². The molecule has 0 amide bonds. The zero-order chi connectivity index (χ0) is 12.3. The Morgan fingerprint density at radius 1 is 1.29 bits per heavy atom. The Kier molecular flexibility index (Phi) is 3.14. The van der Waals surface area contributed by atoms with Crippen LogP contribution in [0.2, 0.25) is 0 Å². The fourth-order valence-corrected chi connectivity index (χ4v) is 1.53. The molecule has 0 saturated carbocycles. The van der Waals surface area contributed by atoms with Crippen LogP contribution in [0.4, 0.5) is 5.69 Å². The number of carbonyl (C=O) groups is 1. The van der Waals surface area contributed by atoms with E-state index < -0.39 is 6.10 Å². The number of rotatable bonds is 3. The fourth-order valence-electron chi connectivity index (χ4n) is 1.53. The van der Waals surface area contributed by atoms with Crippen LogP contribution >= 0.6 is 0 Å². The minimum atomic E-state index is -0.552. The second kappa shape index (κ2) is 4.74. The number of nitrogens with two attached hydrogens (primary N) is 1. The molecule has 1 aromatic carbocycles. The highest BCUT2D eigenvalue weighted by molar-refractivity contribution is 5.83. The number of nitrogen functional groups attached to an aromatic ring is 1. The van der Waals surface area contributed by atoms with E-state index in [2.05, 4.69) is 0 Å². The summed E-state index contributed by atoms with van der Waals surface area (Å²) in [6.07, 6.45) is 2.84. The van der Waals surface area contributed by atoms with E-state index in [1.807, 2.05) is 0 Å². The molecule has 0 saturated heterocycles. The van der Waals surface area contributed by atoms with E-state index in [1.54, 1.807) is 55.7 Å². The summed E-state index contributed by atoms with van der Waals surface area (Å²) in [5.41, 5.74) is 6.25. The first kappa shape index (κ1) is 11.3. The summed E-state index contributed by atoms with van der Waals surface area (Å²) in [5.74, 6) is 0.482. The maximum atomic E-state index is 11.9. The van der Waals surface area contributed by atoms with E-state index in [0.717, 1.165) is 0 Å². The quantitative estimate of drug-likeness (QED) is 0.822. The number of hydrogen-bond acceptors (Lipinski definition) is 3. The van der Waals surface area contributed by atoms with Crippen LogP contribution in [0.1, 0.15) is 11.7 Å². The van der Waals surface area contributed by atoms with Crippen LogP contribution in [0.25, 0.3) is 0 Å². The van der Waals surface area contributed by atoms with Crippen LogP contribution < -0.4 is 10.5 Å². The van der Waals surface area contributed by atoms with E-state index in [1.165, 1.54) is 4.57 Å². The maximum absolute atomic E-state index is 11.9. The number of aromatic nitrogens is 1. The number of carbonyl (C=O) groups excluding carboxylic acids is 1. The number of ether oxygens (including phenoxy) is 1. The third-order valence-electron chi connectivity index (χ3n) is 2.38. The smallest absolute Gasteiger partial charge is 0.271 e. The Labute approximate surface area is 99.6 Å². The molecule has 1 atom stereocenters. The predicted octanol–water partition coefficient (Wildman–Crippen LogP) is 2.18. The third-order valence-corrected chi connectivity index (χ3v) is 2.38. The van der Waals surface area contributed by atoms with Gasteiger partial charge in [0.2, 0.25) is 0 Å². The highest BCUT2D eigenvalue weighted by atomic mass is 16.5. The zero-order valence-electron chi connectivity index (χ0n) is 9.54. The van der Waals surface area contributed by atoms with Crippen molar-refractivity contribution >= 4 is 11.6 Å². The van der Waals surface area contributed by atoms with Crippen molar-refractivity contribution in [2.45, 2.75) is 13.0 Å². The van der Waals surface area contributed by atoms with Crippen molar-refractivity contribution in [3.05, 3.63) is 48.8 Å². The van der Waals surface area contributed by atoms with Gasteiger partial charge in [-0.25, -0.2) is 0 Å². The van der Waals surface area contributed by atoms with Gasteiger partial charge in [0.1, 0.15) is 5.75 Å². The maximum Gasteiger partial charge on any atom is 0.271 e. The number of anilines is 1. The molecule has 0 aliphatic heterocycles. The molecule has 2 rings (SSSR count). The van der Waals surface area contributed by atoms with Gasteiger partial charge in [0.05, 0.1) is 0 Å². The first-order valence-corrected chi connectivity index (χ1v) is 5.36. The van der Waals surface area contributed by atoms with Crippen LogP contribution in [-0.2, 0) is 0 Å². The van der Waals surface area contributed by atoms with Crippen LogP contribution in [0.15, 0.2) is 48.8 Å². The Morgan fingerprint density at radius 3 is 2.65 bits per heavy atom. The average molecular weight is 230 g/mol. The molecule has 0 bridgehead atoms. The molecule has 4 nitrogen and oxygen atoms in total. The second-order valence-corrected chi connectivity index (χ2v) is 3.76. The summed E-state index contributed by atoms with van der Waals surface area (Å²) in [4.78, 5) is 11.9. The lowest BCUT2D eigenvalue weighted by molar-refractivity contribution is 0.0728. The van der Waals surface area contributed by atoms with Gasteiger partial charge in [0.25, 0.3) is 5.91 Å². The van der Waals surface area contributed by atoms with Crippen LogP contribution in [0.5, 0.6) is 5.75 Å². The normalized spacial score (nSPS) is 12.1. The lowest BCUT2D eigenvalue weighted by Gasteiger charge is -2.14. The predicted molar refractivity (Wildman–Crippen MR) is 66.0 cm³/mol. The molecule has 2 aromatic rings. The first-order valence-electron chi connectivity index (χ1n) is 5.36. The summed E-state index contributed by atoms with van der Waals surface area (Å²) in [7, 11) is 0. The van der Waals surface area contributed by atoms with Crippen molar-refractivity contribution in [1.82, 2.24) is 4.57 Å². The van der Waals surface area contributed by atoms with Crippen molar-refractivity contribution in [3.8, 4) is 5.75 Å². The van der Waals surface area contributed by atoms with Gasteiger partial charge >= 0.3 is 0 Å². The van der Waals surface area contributed by atoms with E-state index in [-0.39, 0.29) is 5.91 Å². The molecule has 4 heteroatoms. The molecule has 0 fully saturated rings. The lowest BCUT2D eigenvalue weighted by atomic mass is 10.3. The van der Waals surface area contributed by atoms with Crippen molar-refractivity contribution in [2.24, 2.45) is 0 Å². The zero-order valence-corrected chi connectivity index (χ0v) is 9.54. The van der Waals surface area contributed by atoms with Crippen LogP contribution in [0.3, 0.4) is 0 Å². The van der Waals surface area contributed by atoms with Crippen molar-refractivity contribution in [2.75, 3.05) is 5.73 Å². The average Bonchev–Trinajstić information content (AvgIpc) is 2.81. The van der Waals surface area contributed by atoms with Crippen molar-refractivity contribution in [3.63, 3.8) is 0 Å². The number of nitrogens with zero attached hydrogens (tertiary/aromatic N) is 1. The molecule has 2 N–H and O–H groups in total. The summed E-state index contributed by atoms with van der Waals surface area (Å²) in [5, 5.41) is 0. The van der Waals surface area contributed by atoms with E-state index in [4.69, 9.17) is 10.5 Å². The minimum Gasteiger partial charge on any atom is -0.481 e. The Bertz CT molecular complexity index is 506. The second-order valence-electron chi connectivity index (χ2n) is 3.76. The van der Waals surface area contributed by atoms with Gasteiger partial charge in [-0.3, -0.25) is 9.36 Å². The van der Waals surface area contributed by atoms with E-state index in [0.29, 0.717) is 11.4 Å². The molecule has 1 heterocycles. The fraction of sp³-hybridized carbons (Fsp3) is 0.154. The number of benzene rings is 1. The molecule has 0 radical (unpaired) electrons. The van der Waals surface area contributed by atoms with E-state index in [9.17, 15) is 4.79 Å². The first-order chi connectivity index (χ1) is 8.16. The molecular weight excluding hydrogens is 216 g/mol. The largest absolute Gasteiger partial charge is 0.481 e. The molecule has 88 valence electrons. The number of hydrogen-bond donors (Lipinski definition) is 1. The Morgan fingerprint density at radius 2 is 2.00 bits per heavy atom. The summed E-state index contributed by atoms with van der Waals surface area (Å²) < 4.78 is 7.03. The SMILES string of the molecule is CC(Oc1cccc(N)c1)C(=O)n1cccc1. The van der Waals surface area contributed by atoms with Gasteiger partial charge < -0.3 is 10.5 Å². The molecule has 0 spiro atoms. The molecule has 0 aliphatic rings. The molecule has 0 aliphatic carbocycles. The van der Waals surface area contributed by atoms with Crippen LogP contribution in [0, 0.1) is 0 Å². The summed E-state index contributed by atoms with van der Waals surface area (Å²) in [6, 6.07) is 10.6. The highest BCUT2D eigenvalue weighted by Gasteiger charge is 2.15. The third kappa shape index (κ3) is 2.66. The Balaban J connectivity index is 2.07. The molecule has 1 unspecified atom stereocenters. The molecule has 17 heavy (non-hydrogen) atoms. The van der Waals surface area contributed by atoms with Gasteiger partial charge in [0, 0.05) is 24.1 Å². The van der Waals surface area contributed by atoms with Gasteiger partial charge in [-0.15, -0.1) is 0 Å². The summed E-state index contributed by atoms with van der Waals surface area (Å²) in [6.45, 7) is 1.71. The summed E-state index contributed by atoms with van der Waals surface area (Å²) >= 11 is 0. The van der Waals surface area contributed by atoms with Crippen LogP contribution in [-0.4, -0.2) is 16.6 Å². The van der Waals surface area contributed by atoms with Gasteiger partial charge in [-0.2, -0.15) is 0 Å². The Hall–Kier alpha value is -2.23. The van der Waals surface area contributed by atoms with Crippen molar-refractivity contribution in [1.29, 1.82) is 0 Å². The minimum absolute atomic E-state index is 0.113. The monoisotopic (exact) mass is 230 g/mol. The molecule has 1 aromatic heterocycles. The standard InChI is InChI=1S/C13H14N2O2/c1-10(13(16)15-7-2-3-8-15)17-12-6-4-5-11(14)9-12/h2-10H,14H2,1H3. The van der Waals surface area contributed by atoms with E-state index >= 15 is 0 Å². The lowest BCUT2D eigenvalue weighted by Crippen LogP contribution is -2.28. The molecular formula is C13H14N2O2. The highest BCUT2D eigenvalue weighted by Crippen LogP contribution is 2.16. The van der Waals surface area contributed by atoms with Crippen molar-refractivity contribution < 1.29 is 9.53 Å². The van der Waals surface area contributed by atoms with Gasteiger partial charge in [-0.05, 0) is 31.2 Å². The topological polar surface area (TPSA) is 57.2 Å².